The SMILES string of the molecule is CCC1SC(=O)N(Cc2ccc(NC(=O)C(C)=O)cc2)N=C1c1ccc(OC(F)(F)F)c(OC)c1. The second-order valence-corrected chi connectivity index (χ2v) is 8.60. The lowest BCUT2D eigenvalue weighted by Gasteiger charge is -2.28. The summed E-state index contributed by atoms with van der Waals surface area (Å²) in [4.78, 5) is 35.3. The minimum absolute atomic E-state index is 0.117. The van der Waals surface area contributed by atoms with E-state index in [1.54, 1.807) is 24.3 Å². The summed E-state index contributed by atoms with van der Waals surface area (Å²) in [5, 5.41) is 7.64. The zero-order valence-corrected chi connectivity index (χ0v) is 19.8. The molecule has 1 heterocycles. The van der Waals surface area contributed by atoms with Crippen molar-refractivity contribution in [3.05, 3.63) is 53.6 Å². The number of ketones is 1. The molecule has 0 radical (unpaired) electrons. The molecule has 0 saturated carbocycles. The fourth-order valence-electron chi connectivity index (χ4n) is 3.22. The molecule has 1 atom stereocenters. The van der Waals surface area contributed by atoms with Crippen LogP contribution in [0.3, 0.4) is 0 Å². The Hall–Kier alpha value is -3.54. The fourth-order valence-corrected chi connectivity index (χ4v) is 4.15. The molecule has 1 aliphatic rings. The first-order valence-electron chi connectivity index (χ1n) is 10.4. The number of Topliss-reactive ketones (excluding diaryl/α,β-unsaturated/α-hetero) is 1. The highest BCUT2D eigenvalue weighted by Crippen LogP contribution is 2.36. The molecule has 35 heavy (non-hydrogen) atoms. The van der Waals surface area contributed by atoms with Crippen LogP contribution in [-0.4, -0.2) is 46.4 Å². The Balaban J connectivity index is 1.85. The fraction of sp³-hybridized carbons (Fsp3) is 0.304. The molecule has 2 amide bonds. The summed E-state index contributed by atoms with van der Waals surface area (Å²) < 4.78 is 47.1. The summed E-state index contributed by atoms with van der Waals surface area (Å²) in [6.07, 6.45) is -4.30. The topological polar surface area (TPSA) is 97.3 Å². The third-order valence-electron chi connectivity index (χ3n) is 4.91. The van der Waals surface area contributed by atoms with Gasteiger partial charge in [0.1, 0.15) is 0 Å². The summed E-state index contributed by atoms with van der Waals surface area (Å²) in [5.41, 5.74) is 2.15. The van der Waals surface area contributed by atoms with Crippen LogP contribution < -0.4 is 14.8 Å². The second-order valence-electron chi connectivity index (χ2n) is 7.44. The minimum atomic E-state index is -4.87. The van der Waals surface area contributed by atoms with Crippen LogP contribution in [0.15, 0.2) is 47.6 Å². The number of carbonyl (C=O) groups excluding carboxylic acids is 3. The van der Waals surface area contributed by atoms with Crippen molar-refractivity contribution < 1.29 is 37.0 Å². The molecule has 1 unspecified atom stereocenters. The van der Waals surface area contributed by atoms with Gasteiger partial charge in [0, 0.05) is 18.2 Å². The molecule has 0 aliphatic carbocycles. The molecule has 0 aromatic heterocycles. The predicted molar refractivity (Wildman–Crippen MR) is 125 cm³/mol. The van der Waals surface area contributed by atoms with E-state index in [-0.39, 0.29) is 22.8 Å². The van der Waals surface area contributed by atoms with E-state index in [1.807, 2.05) is 6.92 Å². The highest BCUT2D eigenvalue weighted by atomic mass is 32.2. The molecule has 0 fully saturated rings. The molecule has 2 aromatic carbocycles. The van der Waals surface area contributed by atoms with Crippen molar-refractivity contribution in [1.29, 1.82) is 0 Å². The van der Waals surface area contributed by atoms with Gasteiger partial charge in [-0.1, -0.05) is 30.8 Å². The molecular formula is C23H22F3N3O5S. The first-order valence-corrected chi connectivity index (χ1v) is 11.3. The third kappa shape index (κ3) is 6.75. The highest BCUT2D eigenvalue weighted by Gasteiger charge is 2.34. The van der Waals surface area contributed by atoms with Crippen molar-refractivity contribution in [2.75, 3.05) is 12.4 Å². The summed E-state index contributed by atoms with van der Waals surface area (Å²) in [6.45, 7) is 3.16. The molecular weight excluding hydrogens is 487 g/mol. The number of nitrogens with zero attached hydrogens (tertiary/aromatic N) is 2. The normalized spacial score (nSPS) is 15.9. The van der Waals surface area contributed by atoms with E-state index < -0.39 is 23.8 Å². The van der Waals surface area contributed by atoms with E-state index >= 15 is 0 Å². The number of hydrogen-bond acceptors (Lipinski definition) is 7. The van der Waals surface area contributed by atoms with Gasteiger partial charge in [-0.25, -0.2) is 5.01 Å². The number of halogens is 3. The number of amides is 2. The van der Waals surface area contributed by atoms with Crippen LogP contribution in [0.2, 0.25) is 0 Å². The zero-order chi connectivity index (χ0) is 25.8. The van der Waals surface area contributed by atoms with Gasteiger partial charge in [0.2, 0.25) is 5.78 Å². The van der Waals surface area contributed by atoms with Gasteiger partial charge in [-0.2, -0.15) is 5.10 Å². The van der Waals surface area contributed by atoms with E-state index in [0.717, 1.165) is 24.8 Å². The van der Waals surface area contributed by atoms with E-state index in [4.69, 9.17) is 4.74 Å². The lowest BCUT2D eigenvalue weighted by atomic mass is 10.0. The number of thioether (sulfide) groups is 1. The third-order valence-corrected chi connectivity index (χ3v) is 6.16. The predicted octanol–water partition coefficient (Wildman–Crippen LogP) is 4.97. The van der Waals surface area contributed by atoms with Gasteiger partial charge < -0.3 is 14.8 Å². The van der Waals surface area contributed by atoms with Crippen LogP contribution in [0.1, 0.15) is 31.4 Å². The van der Waals surface area contributed by atoms with E-state index in [2.05, 4.69) is 15.2 Å². The average molecular weight is 510 g/mol. The minimum Gasteiger partial charge on any atom is -0.493 e. The number of alkyl halides is 3. The number of ether oxygens (including phenoxy) is 2. The number of rotatable bonds is 8. The quantitative estimate of drug-likeness (QED) is 0.505. The van der Waals surface area contributed by atoms with Gasteiger partial charge in [-0.05, 0) is 42.3 Å². The number of carbonyl (C=O) groups is 3. The molecule has 3 rings (SSSR count). The van der Waals surface area contributed by atoms with Gasteiger partial charge in [-0.15, -0.1) is 13.2 Å². The van der Waals surface area contributed by atoms with Crippen molar-refractivity contribution in [1.82, 2.24) is 5.01 Å². The summed E-state index contributed by atoms with van der Waals surface area (Å²) in [6, 6.07) is 10.5. The molecule has 2 aromatic rings. The average Bonchev–Trinajstić information content (AvgIpc) is 2.80. The van der Waals surface area contributed by atoms with Gasteiger partial charge >= 0.3 is 11.6 Å². The Morgan fingerprint density at radius 2 is 1.83 bits per heavy atom. The van der Waals surface area contributed by atoms with Crippen LogP contribution in [0.4, 0.5) is 23.7 Å². The Labute approximate surface area is 203 Å². The number of nitrogens with one attached hydrogen (secondary N) is 1. The van der Waals surface area contributed by atoms with Crippen molar-refractivity contribution in [3.63, 3.8) is 0 Å². The Kier molecular flexibility index (Phi) is 8.05. The molecule has 1 aliphatic heterocycles. The Morgan fingerprint density at radius 1 is 1.14 bits per heavy atom. The molecule has 0 saturated heterocycles. The maximum Gasteiger partial charge on any atom is 0.573 e. The van der Waals surface area contributed by atoms with Crippen molar-refractivity contribution >= 4 is 40.1 Å². The van der Waals surface area contributed by atoms with E-state index in [0.29, 0.717) is 28.9 Å². The molecule has 186 valence electrons. The van der Waals surface area contributed by atoms with E-state index in [9.17, 15) is 27.6 Å². The Morgan fingerprint density at radius 3 is 2.40 bits per heavy atom. The van der Waals surface area contributed by atoms with Gasteiger partial charge in [-0.3, -0.25) is 14.4 Å². The van der Waals surface area contributed by atoms with E-state index in [1.165, 1.54) is 24.3 Å². The van der Waals surface area contributed by atoms with Gasteiger partial charge in [0.15, 0.2) is 11.5 Å². The van der Waals surface area contributed by atoms with Crippen LogP contribution in [0, 0.1) is 0 Å². The van der Waals surface area contributed by atoms with Gasteiger partial charge in [0.25, 0.3) is 5.91 Å². The zero-order valence-electron chi connectivity index (χ0n) is 19.0. The standard InChI is InChI=1S/C23H22F3N3O5S/c1-4-19-20(15-7-10-17(18(11-15)33-3)34-23(24,25)26)28-29(22(32)35-19)12-14-5-8-16(9-6-14)27-21(31)13(2)30/h5-11,19H,4,12H2,1-3H3,(H,27,31). The monoisotopic (exact) mass is 509 g/mol. The molecule has 0 spiro atoms. The van der Waals surface area contributed by atoms with Crippen molar-refractivity contribution in [2.24, 2.45) is 5.10 Å². The summed E-state index contributed by atoms with van der Waals surface area (Å²) >= 11 is 1.07. The number of hydrogen-bond donors (Lipinski definition) is 1. The Bertz CT molecular complexity index is 1150. The van der Waals surface area contributed by atoms with Crippen LogP contribution in [0.5, 0.6) is 11.5 Å². The molecule has 1 N–H and O–H groups in total. The maximum absolute atomic E-state index is 12.7. The molecule has 0 bridgehead atoms. The van der Waals surface area contributed by atoms with Crippen LogP contribution in [-0.2, 0) is 16.1 Å². The number of hydrazone groups is 1. The first-order chi connectivity index (χ1) is 16.5. The van der Waals surface area contributed by atoms with Crippen molar-refractivity contribution in [2.45, 2.75) is 38.4 Å². The maximum atomic E-state index is 12.7. The number of anilines is 1. The lowest BCUT2D eigenvalue weighted by Crippen LogP contribution is -2.34. The first kappa shape index (κ1) is 26.1. The van der Waals surface area contributed by atoms with Gasteiger partial charge in [0.05, 0.1) is 24.6 Å². The van der Waals surface area contributed by atoms with Crippen molar-refractivity contribution in [3.8, 4) is 11.5 Å². The number of methoxy groups -OCH3 is 1. The summed E-state index contributed by atoms with van der Waals surface area (Å²) in [7, 11) is 1.23. The summed E-state index contributed by atoms with van der Waals surface area (Å²) in [5.74, 6) is -1.95. The smallest absolute Gasteiger partial charge is 0.493 e. The molecule has 8 nitrogen and oxygen atoms in total. The second kappa shape index (κ2) is 10.8. The lowest BCUT2D eigenvalue weighted by molar-refractivity contribution is -0.275. The molecule has 12 heteroatoms. The number of benzene rings is 2. The van der Waals surface area contributed by atoms with Crippen LogP contribution >= 0.6 is 11.8 Å². The van der Waals surface area contributed by atoms with Crippen LogP contribution in [0.25, 0.3) is 0 Å². The highest BCUT2D eigenvalue weighted by molar-refractivity contribution is 8.14. The largest absolute Gasteiger partial charge is 0.573 e.